The van der Waals surface area contributed by atoms with E-state index in [2.05, 4.69) is 0 Å². The van der Waals surface area contributed by atoms with Crippen molar-refractivity contribution < 1.29 is 29.0 Å². The second-order valence-electron chi connectivity index (χ2n) is 12.3. The fourth-order valence-electron chi connectivity index (χ4n) is 8.52. The zero-order valence-electron chi connectivity index (χ0n) is 24.0. The molecule has 1 saturated carbocycles. The highest BCUT2D eigenvalue weighted by atomic mass is 16.6. The van der Waals surface area contributed by atoms with Crippen LogP contribution in [0.25, 0.3) is 5.57 Å². The van der Waals surface area contributed by atoms with Gasteiger partial charge in [-0.25, -0.2) is 9.80 Å². The van der Waals surface area contributed by atoms with Crippen LogP contribution in [0.1, 0.15) is 12.0 Å². The van der Waals surface area contributed by atoms with Gasteiger partial charge < -0.3 is 0 Å². The molecule has 2 saturated heterocycles. The van der Waals surface area contributed by atoms with Crippen LogP contribution in [0.4, 0.5) is 22.7 Å². The highest BCUT2D eigenvalue weighted by Gasteiger charge is 2.67. The van der Waals surface area contributed by atoms with E-state index in [1.165, 1.54) is 48.5 Å². The van der Waals surface area contributed by atoms with Gasteiger partial charge in [0.2, 0.25) is 23.6 Å². The lowest BCUT2D eigenvalue weighted by molar-refractivity contribution is -0.385. The number of nitro benzene ring substituents is 2. The summed E-state index contributed by atoms with van der Waals surface area (Å²) in [5, 5.41) is 23.0. The Kier molecular flexibility index (Phi) is 5.95. The van der Waals surface area contributed by atoms with Gasteiger partial charge >= 0.3 is 0 Å². The number of non-ortho nitro benzene ring substituents is 2. The van der Waals surface area contributed by atoms with Gasteiger partial charge in [-0.2, -0.15) is 0 Å². The summed E-state index contributed by atoms with van der Waals surface area (Å²) in [6.07, 6.45) is 4.02. The molecular formula is C34H24N4O8. The lowest BCUT2D eigenvalue weighted by Crippen LogP contribution is -2.51. The molecule has 12 nitrogen and oxygen atoms in total. The predicted octanol–water partition coefficient (Wildman–Crippen LogP) is 4.70. The van der Waals surface area contributed by atoms with E-state index in [0.717, 1.165) is 26.5 Å². The molecule has 2 heterocycles. The van der Waals surface area contributed by atoms with Crippen LogP contribution in [0.15, 0.2) is 96.6 Å². The van der Waals surface area contributed by atoms with Gasteiger partial charge in [0.1, 0.15) is 0 Å². The molecule has 12 heteroatoms. The Morgan fingerprint density at radius 3 is 1.78 bits per heavy atom. The lowest BCUT2D eigenvalue weighted by Gasteiger charge is -2.51. The average Bonchev–Trinajstić information content (AvgIpc) is 3.49. The third-order valence-corrected chi connectivity index (χ3v) is 10.2. The van der Waals surface area contributed by atoms with Crippen molar-refractivity contribution in [1.82, 2.24) is 0 Å². The number of carbonyl (C=O) groups excluding carboxylic acids is 4. The smallest absolute Gasteiger partial charge is 0.271 e. The molecule has 0 spiro atoms. The molecule has 2 aliphatic heterocycles. The van der Waals surface area contributed by atoms with Crippen molar-refractivity contribution in [1.29, 1.82) is 0 Å². The van der Waals surface area contributed by atoms with Crippen LogP contribution >= 0.6 is 0 Å². The Morgan fingerprint density at radius 1 is 0.609 bits per heavy atom. The van der Waals surface area contributed by atoms with Gasteiger partial charge in [0.15, 0.2) is 0 Å². The number of anilines is 2. The van der Waals surface area contributed by atoms with Crippen molar-refractivity contribution in [3.63, 3.8) is 0 Å². The molecule has 3 aromatic carbocycles. The summed E-state index contributed by atoms with van der Waals surface area (Å²) in [6.45, 7) is 0. The maximum absolute atomic E-state index is 14.3. The first-order chi connectivity index (χ1) is 22.2. The maximum Gasteiger partial charge on any atom is 0.271 e. The first-order valence-corrected chi connectivity index (χ1v) is 14.9. The van der Waals surface area contributed by atoms with Crippen LogP contribution < -0.4 is 9.80 Å². The molecule has 3 aromatic rings. The summed E-state index contributed by atoms with van der Waals surface area (Å²) < 4.78 is 0. The molecule has 0 unspecified atom stereocenters. The topological polar surface area (TPSA) is 161 Å². The van der Waals surface area contributed by atoms with Gasteiger partial charge in [0.05, 0.1) is 44.9 Å². The fraction of sp³-hybridized carbons (Fsp3) is 0.235. The van der Waals surface area contributed by atoms with E-state index in [1.54, 1.807) is 0 Å². The second-order valence-corrected chi connectivity index (χ2v) is 12.3. The van der Waals surface area contributed by atoms with Crippen molar-refractivity contribution in [3.05, 3.63) is 122 Å². The van der Waals surface area contributed by atoms with Gasteiger partial charge in [0, 0.05) is 36.1 Å². The number of nitro groups is 2. The quantitative estimate of drug-likeness (QED) is 0.172. The number of hydrogen-bond donors (Lipinski definition) is 0. The van der Waals surface area contributed by atoms with Crippen molar-refractivity contribution in [2.75, 3.05) is 9.80 Å². The lowest BCUT2D eigenvalue weighted by atomic mass is 9.49. The zero-order valence-corrected chi connectivity index (χ0v) is 24.0. The summed E-state index contributed by atoms with van der Waals surface area (Å²) >= 11 is 0. The number of carbonyl (C=O) groups is 4. The van der Waals surface area contributed by atoms with Crippen molar-refractivity contribution in [2.24, 2.45) is 41.4 Å². The molecule has 4 aliphatic carbocycles. The number of rotatable bonds is 5. The van der Waals surface area contributed by atoms with Crippen LogP contribution in [0.2, 0.25) is 0 Å². The molecule has 0 N–H and O–H groups in total. The molecule has 228 valence electrons. The van der Waals surface area contributed by atoms with Crippen LogP contribution in [-0.4, -0.2) is 33.5 Å². The van der Waals surface area contributed by atoms with Gasteiger partial charge in [-0.3, -0.25) is 39.4 Å². The van der Waals surface area contributed by atoms with E-state index in [4.69, 9.17) is 0 Å². The van der Waals surface area contributed by atoms with Crippen LogP contribution in [-0.2, 0) is 19.2 Å². The van der Waals surface area contributed by atoms with Crippen molar-refractivity contribution >= 4 is 52.0 Å². The third-order valence-electron chi connectivity index (χ3n) is 10.2. The van der Waals surface area contributed by atoms with Gasteiger partial charge in [0.25, 0.3) is 11.4 Å². The standard InChI is InChI=1S/C34H24N4O8/c39-31-25-16-24(17-6-2-1-3-7-17)26-22-12-13-23(27(26)30(25)34(42)35(31)18-8-4-10-20(14-18)37(43)44)29-28(22)32(40)36(33(29)41)19-9-5-11-21(15-19)38(45)46/h1-15,22-23,25,27-30H,16H2/t22-,23+,25+,27-,28+,29-,30+/m0/s1. The Balaban J connectivity index is 1.26. The Morgan fingerprint density at radius 2 is 1.17 bits per heavy atom. The number of allylic oxidation sites excluding steroid dienone is 4. The van der Waals surface area contributed by atoms with E-state index in [1.807, 2.05) is 42.5 Å². The maximum atomic E-state index is 14.3. The molecular weight excluding hydrogens is 592 g/mol. The average molecular weight is 617 g/mol. The molecule has 0 radical (unpaired) electrons. The fourth-order valence-corrected chi connectivity index (χ4v) is 8.52. The number of hydrogen-bond acceptors (Lipinski definition) is 8. The number of benzene rings is 3. The SMILES string of the molecule is O=C1[C@H]2[C@@H]3C=C[C@@H](C4=C(c5ccccc5)C[C@H]5C(=O)N(c6cccc([N+](=O)[O-])c6)C(=O)[C@H]5[C@H]43)[C@H]2C(=O)N1c1cccc([N+](=O)[O-])c1. The summed E-state index contributed by atoms with van der Waals surface area (Å²) in [7, 11) is 0. The molecule has 7 atom stereocenters. The summed E-state index contributed by atoms with van der Waals surface area (Å²) in [4.78, 5) is 80.5. The third kappa shape index (κ3) is 3.73. The van der Waals surface area contributed by atoms with Gasteiger partial charge in [-0.15, -0.1) is 0 Å². The number of fused-ring (bicyclic) bond motifs is 1. The molecule has 2 bridgehead atoms. The van der Waals surface area contributed by atoms with E-state index < -0.39 is 74.9 Å². The van der Waals surface area contributed by atoms with Crippen molar-refractivity contribution in [3.8, 4) is 0 Å². The van der Waals surface area contributed by atoms with E-state index >= 15 is 0 Å². The summed E-state index contributed by atoms with van der Waals surface area (Å²) in [5.74, 6) is -6.84. The molecule has 46 heavy (non-hydrogen) atoms. The van der Waals surface area contributed by atoms with Crippen LogP contribution in [0, 0.1) is 61.7 Å². The molecule has 0 aromatic heterocycles. The van der Waals surface area contributed by atoms with Crippen LogP contribution in [0.5, 0.6) is 0 Å². The summed E-state index contributed by atoms with van der Waals surface area (Å²) in [5.41, 5.74) is 2.26. The number of nitrogens with zero attached hydrogens (tertiary/aromatic N) is 4. The van der Waals surface area contributed by atoms with E-state index in [0.29, 0.717) is 0 Å². The zero-order chi connectivity index (χ0) is 32.0. The monoisotopic (exact) mass is 616 g/mol. The molecule has 4 amide bonds. The minimum Gasteiger partial charge on any atom is -0.274 e. The van der Waals surface area contributed by atoms with E-state index in [9.17, 15) is 39.4 Å². The Labute approximate surface area is 260 Å². The largest absolute Gasteiger partial charge is 0.274 e. The summed E-state index contributed by atoms with van der Waals surface area (Å²) in [6, 6.07) is 20.3. The molecule has 9 rings (SSSR count). The van der Waals surface area contributed by atoms with E-state index in [-0.39, 0.29) is 29.2 Å². The first kappa shape index (κ1) is 27.7. The molecule has 6 aliphatic rings. The van der Waals surface area contributed by atoms with Gasteiger partial charge in [-0.1, -0.05) is 60.2 Å². The van der Waals surface area contributed by atoms with Crippen LogP contribution in [0.3, 0.4) is 0 Å². The van der Waals surface area contributed by atoms with Crippen molar-refractivity contribution in [2.45, 2.75) is 6.42 Å². The second kappa shape index (κ2) is 9.86. The normalized spacial score (nSPS) is 29.3. The minimum absolute atomic E-state index is 0.111. The predicted molar refractivity (Wildman–Crippen MR) is 163 cm³/mol. The molecule has 3 fully saturated rings. The Bertz CT molecular complexity index is 1990. The highest BCUT2D eigenvalue weighted by Crippen LogP contribution is 2.63. The highest BCUT2D eigenvalue weighted by molar-refractivity contribution is 6.25. The number of imide groups is 2. The first-order valence-electron chi connectivity index (χ1n) is 14.9. The number of amides is 4. The van der Waals surface area contributed by atoms with Gasteiger partial charge in [-0.05, 0) is 35.6 Å². The Hall–Kier alpha value is -5.78. The minimum atomic E-state index is -0.845.